The Morgan fingerprint density at radius 3 is 2.37 bits per heavy atom. The molecule has 0 bridgehead atoms. The summed E-state index contributed by atoms with van der Waals surface area (Å²) in [5, 5.41) is 7.00. The highest BCUT2D eigenvalue weighted by molar-refractivity contribution is 7.12. The SMILES string of the molecule is Cc1ccc(C(C(=O)NCc2cccs2)N(C(=O)c2cccs2)C2CCCC2)cc1. The number of aryl methyl sites for hydroxylation is 1. The quantitative estimate of drug-likeness (QED) is 0.525. The average molecular weight is 439 g/mol. The van der Waals surface area contributed by atoms with Gasteiger partial charge in [-0.05, 0) is 48.2 Å². The molecule has 1 atom stereocenters. The van der Waals surface area contributed by atoms with Gasteiger partial charge in [0.2, 0.25) is 5.91 Å². The van der Waals surface area contributed by atoms with Crippen molar-refractivity contribution in [2.75, 3.05) is 0 Å². The van der Waals surface area contributed by atoms with E-state index in [1.54, 1.807) is 11.3 Å². The zero-order valence-electron chi connectivity index (χ0n) is 17.0. The minimum absolute atomic E-state index is 0.0475. The van der Waals surface area contributed by atoms with Crippen LogP contribution in [0.1, 0.15) is 57.4 Å². The molecule has 0 aliphatic heterocycles. The molecule has 156 valence electrons. The number of carbonyl (C=O) groups excluding carboxylic acids is 2. The van der Waals surface area contributed by atoms with Crippen LogP contribution in [0.4, 0.5) is 0 Å². The Bertz CT molecular complexity index is 959. The van der Waals surface area contributed by atoms with E-state index in [0.717, 1.165) is 41.7 Å². The van der Waals surface area contributed by atoms with Crippen LogP contribution in [0, 0.1) is 6.92 Å². The molecule has 1 aliphatic carbocycles. The van der Waals surface area contributed by atoms with E-state index < -0.39 is 6.04 Å². The Morgan fingerprint density at radius 2 is 1.73 bits per heavy atom. The second-order valence-electron chi connectivity index (χ2n) is 7.74. The van der Waals surface area contributed by atoms with E-state index in [2.05, 4.69) is 5.32 Å². The molecule has 30 heavy (non-hydrogen) atoms. The highest BCUT2D eigenvalue weighted by Crippen LogP contribution is 2.34. The molecule has 0 radical (unpaired) electrons. The molecule has 1 fully saturated rings. The van der Waals surface area contributed by atoms with Crippen LogP contribution in [0.25, 0.3) is 0 Å². The number of amides is 2. The van der Waals surface area contributed by atoms with Gasteiger partial charge >= 0.3 is 0 Å². The number of rotatable bonds is 7. The van der Waals surface area contributed by atoms with Crippen molar-refractivity contribution in [3.63, 3.8) is 0 Å². The first-order chi connectivity index (χ1) is 14.6. The maximum atomic E-state index is 13.6. The van der Waals surface area contributed by atoms with Crippen molar-refractivity contribution < 1.29 is 9.59 Å². The monoisotopic (exact) mass is 438 g/mol. The van der Waals surface area contributed by atoms with E-state index >= 15 is 0 Å². The summed E-state index contributed by atoms with van der Waals surface area (Å²) in [4.78, 5) is 30.7. The van der Waals surface area contributed by atoms with Gasteiger partial charge in [-0.25, -0.2) is 0 Å². The van der Waals surface area contributed by atoms with Crippen molar-refractivity contribution in [2.24, 2.45) is 0 Å². The molecule has 1 aliphatic rings. The van der Waals surface area contributed by atoms with Gasteiger partial charge in [0.05, 0.1) is 11.4 Å². The predicted molar refractivity (Wildman–Crippen MR) is 123 cm³/mol. The largest absolute Gasteiger partial charge is 0.349 e. The lowest BCUT2D eigenvalue weighted by atomic mass is 9.99. The first-order valence-corrected chi connectivity index (χ1v) is 12.1. The zero-order chi connectivity index (χ0) is 20.9. The minimum atomic E-state index is -0.636. The van der Waals surface area contributed by atoms with Crippen LogP contribution in [0.2, 0.25) is 0 Å². The zero-order valence-corrected chi connectivity index (χ0v) is 18.7. The van der Waals surface area contributed by atoms with Crippen molar-refractivity contribution in [2.45, 2.75) is 51.2 Å². The lowest BCUT2D eigenvalue weighted by Gasteiger charge is -2.36. The maximum Gasteiger partial charge on any atom is 0.265 e. The van der Waals surface area contributed by atoms with Crippen molar-refractivity contribution in [1.82, 2.24) is 10.2 Å². The van der Waals surface area contributed by atoms with Crippen LogP contribution in [0.15, 0.2) is 59.3 Å². The van der Waals surface area contributed by atoms with Gasteiger partial charge in [-0.15, -0.1) is 22.7 Å². The summed E-state index contributed by atoms with van der Waals surface area (Å²) in [6.45, 7) is 2.51. The second kappa shape index (κ2) is 9.58. The summed E-state index contributed by atoms with van der Waals surface area (Å²) in [7, 11) is 0. The normalized spacial score (nSPS) is 15.1. The summed E-state index contributed by atoms with van der Waals surface area (Å²) in [5.41, 5.74) is 1.99. The van der Waals surface area contributed by atoms with Gasteiger partial charge in [0, 0.05) is 10.9 Å². The molecular formula is C24H26N2O2S2. The van der Waals surface area contributed by atoms with Crippen molar-refractivity contribution in [1.29, 1.82) is 0 Å². The number of carbonyl (C=O) groups is 2. The van der Waals surface area contributed by atoms with E-state index in [0.29, 0.717) is 11.4 Å². The summed E-state index contributed by atoms with van der Waals surface area (Å²) < 4.78 is 0. The van der Waals surface area contributed by atoms with Crippen LogP contribution < -0.4 is 5.32 Å². The van der Waals surface area contributed by atoms with E-state index in [9.17, 15) is 9.59 Å². The molecule has 1 N–H and O–H groups in total. The van der Waals surface area contributed by atoms with Gasteiger partial charge < -0.3 is 10.2 Å². The van der Waals surface area contributed by atoms with Crippen LogP contribution in [0.3, 0.4) is 0 Å². The fraction of sp³-hybridized carbons (Fsp3) is 0.333. The Morgan fingerprint density at radius 1 is 1.03 bits per heavy atom. The van der Waals surface area contributed by atoms with E-state index in [1.165, 1.54) is 11.3 Å². The first kappa shape index (κ1) is 20.8. The molecule has 4 rings (SSSR count). The van der Waals surface area contributed by atoms with Crippen LogP contribution in [-0.2, 0) is 11.3 Å². The third-order valence-corrected chi connectivity index (χ3v) is 7.36. The van der Waals surface area contributed by atoms with E-state index in [1.807, 2.05) is 71.1 Å². The Hall–Kier alpha value is -2.44. The summed E-state index contributed by atoms with van der Waals surface area (Å²) in [6, 6.07) is 15.2. The van der Waals surface area contributed by atoms with E-state index in [4.69, 9.17) is 0 Å². The van der Waals surface area contributed by atoms with Gasteiger partial charge in [-0.1, -0.05) is 54.8 Å². The fourth-order valence-corrected chi connectivity index (χ4v) is 5.39. The molecule has 4 nitrogen and oxygen atoms in total. The average Bonchev–Trinajstić information content (AvgIpc) is 3.53. The van der Waals surface area contributed by atoms with Crippen molar-refractivity contribution >= 4 is 34.5 Å². The van der Waals surface area contributed by atoms with Gasteiger partial charge in [0.1, 0.15) is 6.04 Å². The molecule has 0 spiro atoms. The Labute approximate surface area is 185 Å². The number of hydrogen-bond donors (Lipinski definition) is 1. The van der Waals surface area contributed by atoms with E-state index in [-0.39, 0.29) is 17.9 Å². The van der Waals surface area contributed by atoms with Gasteiger partial charge in [-0.3, -0.25) is 9.59 Å². The minimum Gasteiger partial charge on any atom is -0.349 e. The van der Waals surface area contributed by atoms with Gasteiger partial charge in [0.15, 0.2) is 0 Å². The molecule has 2 aromatic heterocycles. The molecule has 1 aromatic carbocycles. The van der Waals surface area contributed by atoms with Gasteiger partial charge in [0.25, 0.3) is 5.91 Å². The van der Waals surface area contributed by atoms with Crippen molar-refractivity contribution in [3.8, 4) is 0 Å². The molecular weight excluding hydrogens is 412 g/mol. The Kier molecular flexibility index (Phi) is 6.65. The van der Waals surface area contributed by atoms with Crippen LogP contribution in [0.5, 0.6) is 0 Å². The summed E-state index contributed by atoms with van der Waals surface area (Å²) >= 11 is 3.05. The lowest BCUT2D eigenvalue weighted by Crippen LogP contribution is -2.47. The smallest absolute Gasteiger partial charge is 0.265 e. The highest BCUT2D eigenvalue weighted by atomic mass is 32.1. The molecule has 2 amide bonds. The second-order valence-corrected chi connectivity index (χ2v) is 9.72. The Balaban J connectivity index is 1.69. The molecule has 0 saturated heterocycles. The molecule has 6 heteroatoms. The first-order valence-electron chi connectivity index (χ1n) is 10.4. The molecule has 1 unspecified atom stereocenters. The maximum absolute atomic E-state index is 13.6. The third-order valence-electron chi connectivity index (χ3n) is 5.62. The van der Waals surface area contributed by atoms with Crippen molar-refractivity contribution in [3.05, 3.63) is 80.2 Å². The highest BCUT2D eigenvalue weighted by Gasteiger charge is 2.38. The summed E-state index contributed by atoms with van der Waals surface area (Å²) in [6.07, 6.45) is 4.07. The standard InChI is InChI=1S/C24H26N2O2S2/c1-17-10-12-18(13-11-17)22(23(27)25-16-20-8-4-14-29-20)26(19-6-2-3-7-19)24(28)21-9-5-15-30-21/h4-5,8-15,19,22H,2-3,6-7,16H2,1H3,(H,25,27). The van der Waals surface area contributed by atoms with Gasteiger partial charge in [-0.2, -0.15) is 0 Å². The van der Waals surface area contributed by atoms with Crippen LogP contribution >= 0.6 is 22.7 Å². The number of hydrogen-bond acceptors (Lipinski definition) is 4. The molecule has 1 saturated carbocycles. The number of nitrogens with one attached hydrogen (secondary N) is 1. The number of nitrogens with zero attached hydrogens (tertiary/aromatic N) is 1. The third kappa shape index (κ3) is 4.65. The molecule has 3 aromatic rings. The topological polar surface area (TPSA) is 49.4 Å². The van der Waals surface area contributed by atoms with Crippen LogP contribution in [-0.4, -0.2) is 22.8 Å². The molecule has 2 heterocycles. The number of benzene rings is 1. The number of thiophene rings is 2. The predicted octanol–water partition coefficient (Wildman–Crippen LogP) is 5.56. The fourth-order valence-electron chi connectivity index (χ4n) is 4.07. The summed E-state index contributed by atoms with van der Waals surface area (Å²) in [5.74, 6) is -0.169. The lowest BCUT2D eigenvalue weighted by molar-refractivity contribution is -0.126.